The van der Waals surface area contributed by atoms with Crippen LogP contribution in [0, 0.1) is 5.92 Å². The van der Waals surface area contributed by atoms with Crippen molar-refractivity contribution in [2.24, 2.45) is 5.92 Å². The van der Waals surface area contributed by atoms with Crippen molar-refractivity contribution in [1.29, 1.82) is 0 Å². The smallest absolute Gasteiger partial charge is 0.309 e. The summed E-state index contributed by atoms with van der Waals surface area (Å²) >= 11 is 0. The zero-order valence-corrected chi connectivity index (χ0v) is 13.2. The first-order chi connectivity index (χ1) is 11.1. The molecule has 1 aliphatic rings. The summed E-state index contributed by atoms with van der Waals surface area (Å²) in [5.41, 5.74) is 2.66. The zero-order valence-electron chi connectivity index (χ0n) is 13.2. The molecule has 2 aromatic carbocycles. The Hall–Kier alpha value is -2.20. The predicted octanol–water partition coefficient (Wildman–Crippen LogP) is 3.97. The van der Waals surface area contributed by atoms with Gasteiger partial charge in [0.25, 0.3) is 0 Å². The van der Waals surface area contributed by atoms with Gasteiger partial charge in [-0.15, -0.1) is 0 Å². The molecule has 0 heterocycles. The molecule has 0 bridgehead atoms. The van der Waals surface area contributed by atoms with Gasteiger partial charge in [-0.25, -0.2) is 4.39 Å². The number of carbonyl (C=O) groups is 1. The van der Waals surface area contributed by atoms with Gasteiger partial charge in [-0.2, -0.15) is 0 Å². The average molecular weight is 315 g/mol. The lowest BCUT2D eigenvalue weighted by Crippen LogP contribution is -2.17. The third kappa shape index (κ3) is 5.83. The Morgan fingerprint density at radius 1 is 1.17 bits per heavy atom. The Kier molecular flexibility index (Phi) is 6.29. The van der Waals surface area contributed by atoms with E-state index in [4.69, 9.17) is 5.11 Å². The number of rotatable bonds is 5. The highest BCUT2D eigenvalue weighted by molar-refractivity contribution is 5.73. The van der Waals surface area contributed by atoms with Gasteiger partial charge < -0.3 is 10.4 Å². The van der Waals surface area contributed by atoms with Gasteiger partial charge in [0.1, 0.15) is 6.17 Å². The van der Waals surface area contributed by atoms with Crippen molar-refractivity contribution in [3.8, 4) is 0 Å². The first-order valence-corrected chi connectivity index (χ1v) is 7.77. The van der Waals surface area contributed by atoms with E-state index in [-0.39, 0.29) is 6.42 Å². The number of halogens is 1. The van der Waals surface area contributed by atoms with E-state index in [2.05, 4.69) is 60.8 Å². The number of alkyl halides is 1. The second-order valence-electron chi connectivity index (χ2n) is 5.70. The molecule has 0 aliphatic heterocycles. The summed E-state index contributed by atoms with van der Waals surface area (Å²) in [6.45, 7) is 3.11. The van der Waals surface area contributed by atoms with Crippen molar-refractivity contribution >= 4 is 5.97 Å². The van der Waals surface area contributed by atoms with E-state index in [9.17, 15) is 9.18 Å². The molecule has 3 atom stereocenters. The first-order valence-electron chi connectivity index (χ1n) is 7.77. The summed E-state index contributed by atoms with van der Waals surface area (Å²) in [5, 5.41) is 11.5. The third-order valence-electron chi connectivity index (χ3n) is 3.78. The monoisotopic (exact) mass is 315 g/mol. The SMILES string of the molecule is C[C@@H](NCc1ccccc1)c1ccccc1.O=C(O)[C@H]1C[C@H]1F. The van der Waals surface area contributed by atoms with E-state index in [0.717, 1.165) is 6.54 Å². The molecule has 122 valence electrons. The van der Waals surface area contributed by atoms with Crippen LogP contribution in [0.3, 0.4) is 0 Å². The first kappa shape index (κ1) is 17.2. The maximum Gasteiger partial charge on any atom is 0.309 e. The molecule has 0 aromatic heterocycles. The zero-order chi connectivity index (χ0) is 16.7. The maximum absolute atomic E-state index is 11.6. The molecule has 1 fully saturated rings. The van der Waals surface area contributed by atoms with Gasteiger partial charge >= 0.3 is 5.97 Å². The van der Waals surface area contributed by atoms with Crippen LogP contribution in [0.25, 0.3) is 0 Å². The van der Waals surface area contributed by atoms with E-state index in [1.165, 1.54) is 11.1 Å². The number of benzene rings is 2. The maximum atomic E-state index is 11.6. The molecular formula is C19H22FNO2. The molecule has 0 saturated heterocycles. The van der Waals surface area contributed by atoms with E-state index >= 15 is 0 Å². The molecule has 2 aromatic rings. The van der Waals surface area contributed by atoms with Crippen molar-refractivity contribution in [1.82, 2.24) is 5.32 Å². The van der Waals surface area contributed by atoms with E-state index in [0.29, 0.717) is 6.04 Å². The summed E-state index contributed by atoms with van der Waals surface area (Å²) < 4.78 is 11.6. The summed E-state index contributed by atoms with van der Waals surface area (Å²) in [4.78, 5) is 9.73. The highest BCUT2D eigenvalue weighted by Crippen LogP contribution is 2.33. The van der Waals surface area contributed by atoms with Gasteiger partial charge in [0.15, 0.2) is 0 Å². The fraction of sp³-hybridized carbons (Fsp3) is 0.316. The average Bonchev–Trinajstić information content (AvgIpc) is 3.32. The molecular weight excluding hydrogens is 293 g/mol. The fourth-order valence-corrected chi connectivity index (χ4v) is 2.15. The molecule has 0 spiro atoms. The third-order valence-corrected chi connectivity index (χ3v) is 3.78. The number of aliphatic carboxylic acids is 1. The normalized spacial score (nSPS) is 20.1. The standard InChI is InChI=1S/C15H17N.C4H5FO2/c1-13(15-10-6-3-7-11-15)16-12-14-8-4-2-5-9-14;5-3-1-2(3)4(6)7/h2-11,13,16H,12H2,1H3;2-3H,1H2,(H,6,7)/t13-;2-,3+/m10/s1. The van der Waals surface area contributed by atoms with Crippen LogP contribution in [-0.4, -0.2) is 17.2 Å². The van der Waals surface area contributed by atoms with Crippen molar-refractivity contribution in [3.05, 3.63) is 71.8 Å². The molecule has 1 aliphatic carbocycles. The van der Waals surface area contributed by atoms with Gasteiger partial charge in [0, 0.05) is 12.6 Å². The predicted molar refractivity (Wildman–Crippen MR) is 88.8 cm³/mol. The fourth-order valence-electron chi connectivity index (χ4n) is 2.15. The number of carboxylic acids is 1. The van der Waals surface area contributed by atoms with E-state index < -0.39 is 18.1 Å². The quantitative estimate of drug-likeness (QED) is 0.878. The molecule has 3 nitrogen and oxygen atoms in total. The lowest BCUT2D eigenvalue weighted by atomic mass is 10.1. The Balaban J connectivity index is 0.000000229. The molecule has 0 radical (unpaired) electrons. The lowest BCUT2D eigenvalue weighted by Gasteiger charge is -2.14. The summed E-state index contributed by atoms with van der Waals surface area (Å²) in [6, 6.07) is 21.4. The molecule has 2 N–H and O–H groups in total. The van der Waals surface area contributed by atoms with Crippen molar-refractivity contribution in [2.45, 2.75) is 32.1 Å². The summed E-state index contributed by atoms with van der Waals surface area (Å²) in [7, 11) is 0. The molecule has 23 heavy (non-hydrogen) atoms. The van der Waals surface area contributed by atoms with Crippen LogP contribution in [0.5, 0.6) is 0 Å². The van der Waals surface area contributed by atoms with Gasteiger partial charge in [-0.05, 0) is 24.5 Å². The van der Waals surface area contributed by atoms with Gasteiger partial charge in [0.05, 0.1) is 5.92 Å². The van der Waals surface area contributed by atoms with Crippen molar-refractivity contribution in [3.63, 3.8) is 0 Å². The number of hydrogen-bond acceptors (Lipinski definition) is 2. The number of nitrogens with one attached hydrogen (secondary N) is 1. The second kappa shape index (κ2) is 8.44. The van der Waals surface area contributed by atoms with Crippen LogP contribution in [0.1, 0.15) is 30.5 Å². The Morgan fingerprint density at radius 3 is 2.13 bits per heavy atom. The molecule has 3 rings (SSSR count). The number of carboxylic acid groups (broad SMARTS) is 1. The summed E-state index contributed by atoms with van der Waals surface area (Å²) in [5.74, 6) is -1.69. The van der Waals surface area contributed by atoms with Gasteiger partial charge in [0.2, 0.25) is 0 Å². The van der Waals surface area contributed by atoms with Gasteiger partial charge in [-0.3, -0.25) is 4.79 Å². The van der Waals surface area contributed by atoms with Crippen molar-refractivity contribution in [2.75, 3.05) is 0 Å². The van der Waals surface area contributed by atoms with E-state index in [1.807, 2.05) is 12.1 Å². The highest BCUT2D eigenvalue weighted by Gasteiger charge is 2.43. The van der Waals surface area contributed by atoms with Crippen LogP contribution >= 0.6 is 0 Å². The Bertz CT molecular complexity index is 603. The minimum absolute atomic E-state index is 0.218. The van der Waals surface area contributed by atoms with Crippen LogP contribution < -0.4 is 5.32 Å². The minimum atomic E-state index is -1.06. The molecule has 0 unspecified atom stereocenters. The lowest BCUT2D eigenvalue weighted by molar-refractivity contribution is -0.138. The van der Waals surface area contributed by atoms with Crippen LogP contribution in [0.15, 0.2) is 60.7 Å². The van der Waals surface area contributed by atoms with Crippen LogP contribution in [0.2, 0.25) is 0 Å². The van der Waals surface area contributed by atoms with Crippen LogP contribution in [-0.2, 0) is 11.3 Å². The van der Waals surface area contributed by atoms with Gasteiger partial charge in [-0.1, -0.05) is 60.7 Å². The molecule has 1 saturated carbocycles. The molecule has 0 amide bonds. The minimum Gasteiger partial charge on any atom is -0.481 e. The molecule has 4 heteroatoms. The summed E-state index contributed by atoms with van der Waals surface area (Å²) in [6.07, 6.45) is -0.840. The van der Waals surface area contributed by atoms with E-state index in [1.54, 1.807) is 0 Å². The second-order valence-corrected chi connectivity index (χ2v) is 5.70. The number of hydrogen-bond donors (Lipinski definition) is 2. The Labute approximate surface area is 136 Å². The van der Waals surface area contributed by atoms with Crippen molar-refractivity contribution < 1.29 is 14.3 Å². The van der Waals surface area contributed by atoms with Crippen LogP contribution in [0.4, 0.5) is 4.39 Å². The largest absolute Gasteiger partial charge is 0.481 e. The topological polar surface area (TPSA) is 49.3 Å². The Morgan fingerprint density at radius 2 is 1.70 bits per heavy atom. The highest BCUT2D eigenvalue weighted by atomic mass is 19.1.